The molecule has 4 aromatic carbocycles. The number of benzene rings is 4. The van der Waals surface area contributed by atoms with Crippen LogP contribution in [0.15, 0.2) is 96.1 Å². The molecule has 3 nitrogen and oxygen atoms in total. The second-order valence-corrected chi connectivity index (χ2v) is 9.85. The molecule has 0 aliphatic carbocycles. The Morgan fingerprint density at radius 3 is 2.13 bits per heavy atom. The number of nitrogens with one attached hydrogen (secondary N) is 1. The largest absolute Gasteiger partial charge is 0.302 e. The molecule has 0 amide bonds. The van der Waals surface area contributed by atoms with E-state index in [1.54, 1.807) is 36.4 Å². The van der Waals surface area contributed by atoms with Crippen LogP contribution < -0.4 is 5.43 Å². The summed E-state index contributed by atoms with van der Waals surface area (Å²) in [7, 11) is 0. The van der Waals surface area contributed by atoms with Gasteiger partial charge < -0.3 is 5.43 Å². The molecule has 1 aliphatic heterocycles. The van der Waals surface area contributed by atoms with Crippen molar-refractivity contribution in [1.29, 1.82) is 0 Å². The van der Waals surface area contributed by atoms with Crippen molar-refractivity contribution in [2.45, 2.75) is 40.2 Å². The maximum atomic E-state index is 13.3. The Balaban J connectivity index is 0.000000181. The third kappa shape index (κ3) is 7.35. The topological polar surface area (TPSA) is 41.5 Å². The molecule has 1 heterocycles. The molecule has 1 aliphatic rings. The second-order valence-electron chi connectivity index (χ2n) is 9.85. The first-order valence-electron chi connectivity index (χ1n) is 12.9. The molecule has 0 aromatic heterocycles. The summed E-state index contributed by atoms with van der Waals surface area (Å²) < 4.78 is 26.3. The summed E-state index contributed by atoms with van der Waals surface area (Å²) in [6.45, 7) is 8.18. The molecule has 5 rings (SSSR count). The summed E-state index contributed by atoms with van der Waals surface area (Å²) in [5, 5.41) is 4.41. The summed E-state index contributed by atoms with van der Waals surface area (Å²) in [5.41, 5.74) is 12.3. The van der Waals surface area contributed by atoms with E-state index >= 15 is 0 Å². The molecular formula is C34H32F2N2O. The normalized spacial score (nSPS) is 14.4. The molecule has 0 spiro atoms. The van der Waals surface area contributed by atoms with E-state index in [2.05, 4.69) is 42.6 Å². The number of nitrogens with zero attached hydrogens (tertiary/aromatic N) is 1. The first-order valence-corrected chi connectivity index (χ1v) is 12.9. The first-order chi connectivity index (χ1) is 18.7. The first kappa shape index (κ1) is 27.6. The summed E-state index contributed by atoms with van der Waals surface area (Å²) in [6.07, 6.45) is 3.88. The summed E-state index contributed by atoms with van der Waals surface area (Å²) >= 11 is 0. The Hall–Kier alpha value is -4.38. The van der Waals surface area contributed by atoms with Gasteiger partial charge in [0.2, 0.25) is 0 Å². The van der Waals surface area contributed by atoms with Crippen LogP contribution in [0.25, 0.3) is 6.08 Å². The monoisotopic (exact) mass is 522 g/mol. The minimum atomic E-state index is -0.305. The number of carbonyl (C=O) groups excluding carboxylic acids is 1. The van der Waals surface area contributed by atoms with Crippen LogP contribution in [0.4, 0.5) is 8.78 Å². The standard InChI is InChI=1S/C17H17FN2.C17H15FO/c1-11-6-7-14(8-12(11)2)17-10-16(19-20-17)13-4-3-5-15(18)9-13;1-12-6-8-15(10-13(12)2)17(19)9-7-14-4-3-5-16(18)11-14/h3-9,16,19H,10H2,1-2H3;3-11H,1-2H3/b;9-7+. The maximum absolute atomic E-state index is 13.3. The van der Waals surface area contributed by atoms with E-state index in [-0.39, 0.29) is 23.5 Å². The quantitative estimate of drug-likeness (QED) is 0.212. The highest BCUT2D eigenvalue weighted by molar-refractivity contribution is 6.07. The number of ketones is 1. The number of hydrazone groups is 1. The highest BCUT2D eigenvalue weighted by Crippen LogP contribution is 2.25. The van der Waals surface area contributed by atoms with Gasteiger partial charge in [0, 0.05) is 12.0 Å². The van der Waals surface area contributed by atoms with E-state index in [0.717, 1.165) is 34.4 Å². The van der Waals surface area contributed by atoms with Crippen molar-refractivity contribution >= 4 is 17.6 Å². The fourth-order valence-corrected chi connectivity index (χ4v) is 4.23. The number of aryl methyl sites for hydroxylation is 4. The maximum Gasteiger partial charge on any atom is 0.185 e. The van der Waals surface area contributed by atoms with E-state index in [1.165, 1.54) is 35.4 Å². The van der Waals surface area contributed by atoms with Gasteiger partial charge in [-0.05, 0) is 109 Å². The number of allylic oxidation sites excluding steroid dienone is 1. The SMILES string of the molecule is Cc1ccc(C(=O)/C=C/c2cccc(F)c2)cc1C.Cc1ccc(C2=NNC(c3cccc(F)c3)C2)cc1C. The molecule has 198 valence electrons. The van der Waals surface area contributed by atoms with Crippen LogP contribution in [0.2, 0.25) is 0 Å². The molecule has 0 bridgehead atoms. The number of halogens is 2. The van der Waals surface area contributed by atoms with Crippen LogP contribution in [-0.4, -0.2) is 11.5 Å². The van der Waals surface area contributed by atoms with Gasteiger partial charge in [0.1, 0.15) is 11.6 Å². The molecule has 1 atom stereocenters. The van der Waals surface area contributed by atoms with Gasteiger partial charge in [0.25, 0.3) is 0 Å². The third-order valence-corrected chi connectivity index (χ3v) is 6.91. The fourth-order valence-electron chi connectivity index (χ4n) is 4.23. The fraction of sp³-hybridized carbons (Fsp3) is 0.176. The van der Waals surface area contributed by atoms with Crippen molar-refractivity contribution in [3.05, 3.63) is 147 Å². The smallest absolute Gasteiger partial charge is 0.185 e. The zero-order valence-electron chi connectivity index (χ0n) is 22.6. The lowest BCUT2D eigenvalue weighted by molar-refractivity contribution is 0.104. The van der Waals surface area contributed by atoms with Crippen LogP contribution in [0.3, 0.4) is 0 Å². The predicted octanol–water partition coefficient (Wildman–Crippen LogP) is 8.22. The Morgan fingerprint density at radius 2 is 1.46 bits per heavy atom. The number of hydrogen-bond acceptors (Lipinski definition) is 3. The van der Waals surface area contributed by atoms with Crippen molar-refractivity contribution in [1.82, 2.24) is 5.43 Å². The molecule has 0 saturated heterocycles. The van der Waals surface area contributed by atoms with Gasteiger partial charge in [-0.1, -0.05) is 54.6 Å². The average molecular weight is 523 g/mol. The van der Waals surface area contributed by atoms with Crippen molar-refractivity contribution in [2.75, 3.05) is 0 Å². The van der Waals surface area contributed by atoms with E-state index in [1.807, 2.05) is 32.0 Å². The predicted molar refractivity (Wildman–Crippen MR) is 155 cm³/mol. The molecule has 5 heteroatoms. The third-order valence-electron chi connectivity index (χ3n) is 6.91. The van der Waals surface area contributed by atoms with Gasteiger partial charge in [-0.3, -0.25) is 4.79 Å². The molecule has 39 heavy (non-hydrogen) atoms. The summed E-state index contributed by atoms with van der Waals surface area (Å²) in [6, 6.07) is 24.9. The Kier molecular flexibility index (Phi) is 8.82. The Bertz CT molecular complexity index is 1550. The highest BCUT2D eigenvalue weighted by atomic mass is 19.1. The van der Waals surface area contributed by atoms with Crippen molar-refractivity contribution in [3.63, 3.8) is 0 Å². The van der Waals surface area contributed by atoms with Gasteiger partial charge in [-0.15, -0.1) is 0 Å². The van der Waals surface area contributed by atoms with Crippen molar-refractivity contribution in [3.8, 4) is 0 Å². The zero-order valence-corrected chi connectivity index (χ0v) is 22.6. The van der Waals surface area contributed by atoms with Crippen LogP contribution >= 0.6 is 0 Å². The highest BCUT2D eigenvalue weighted by Gasteiger charge is 2.21. The Labute approximate surface area is 228 Å². The lowest BCUT2D eigenvalue weighted by Gasteiger charge is -2.10. The van der Waals surface area contributed by atoms with E-state index in [0.29, 0.717) is 11.1 Å². The van der Waals surface area contributed by atoms with E-state index < -0.39 is 0 Å². The van der Waals surface area contributed by atoms with Gasteiger partial charge in [-0.2, -0.15) is 5.10 Å². The van der Waals surface area contributed by atoms with E-state index in [4.69, 9.17) is 0 Å². The van der Waals surface area contributed by atoms with E-state index in [9.17, 15) is 13.6 Å². The molecule has 0 fully saturated rings. The van der Waals surface area contributed by atoms with Crippen LogP contribution in [0.1, 0.15) is 61.8 Å². The molecule has 0 radical (unpaired) electrons. The van der Waals surface area contributed by atoms with Gasteiger partial charge in [0.15, 0.2) is 5.78 Å². The lowest BCUT2D eigenvalue weighted by atomic mass is 9.97. The summed E-state index contributed by atoms with van der Waals surface area (Å²) in [5.74, 6) is -0.586. The second kappa shape index (κ2) is 12.4. The molecule has 0 saturated carbocycles. The molecule has 1 N–H and O–H groups in total. The Morgan fingerprint density at radius 1 is 0.795 bits per heavy atom. The molecule has 4 aromatic rings. The number of rotatable bonds is 5. The van der Waals surface area contributed by atoms with Gasteiger partial charge in [-0.25, -0.2) is 8.78 Å². The lowest BCUT2D eigenvalue weighted by Crippen LogP contribution is -2.10. The molecular weight excluding hydrogens is 490 g/mol. The summed E-state index contributed by atoms with van der Waals surface area (Å²) in [4.78, 5) is 12.0. The van der Waals surface area contributed by atoms with Gasteiger partial charge in [0.05, 0.1) is 11.8 Å². The number of hydrogen-bond donors (Lipinski definition) is 1. The average Bonchev–Trinajstić information content (AvgIpc) is 3.41. The van der Waals surface area contributed by atoms with Crippen LogP contribution in [0, 0.1) is 39.3 Å². The molecule has 1 unspecified atom stereocenters. The van der Waals surface area contributed by atoms with Crippen LogP contribution in [-0.2, 0) is 0 Å². The minimum absolute atomic E-state index is 0.0577. The van der Waals surface area contributed by atoms with Gasteiger partial charge >= 0.3 is 0 Å². The number of carbonyl (C=O) groups is 1. The van der Waals surface area contributed by atoms with Crippen LogP contribution in [0.5, 0.6) is 0 Å². The zero-order chi connectivity index (χ0) is 27.9. The van der Waals surface area contributed by atoms with Crippen molar-refractivity contribution < 1.29 is 13.6 Å². The van der Waals surface area contributed by atoms with Crippen molar-refractivity contribution in [2.24, 2.45) is 5.10 Å². The minimum Gasteiger partial charge on any atom is -0.302 e.